The largest absolute Gasteiger partial charge is 0.504 e. The van der Waals surface area contributed by atoms with Crippen LogP contribution in [-0.2, 0) is 11.3 Å². The van der Waals surface area contributed by atoms with Crippen LogP contribution in [0, 0.1) is 6.92 Å². The molecule has 0 aliphatic carbocycles. The van der Waals surface area contributed by atoms with Crippen molar-refractivity contribution in [2.24, 2.45) is 0 Å². The van der Waals surface area contributed by atoms with Crippen LogP contribution in [0.3, 0.4) is 0 Å². The number of hydrogen-bond acceptors (Lipinski definition) is 4. The normalized spacial score (nSPS) is 10.0. The lowest BCUT2D eigenvalue weighted by Crippen LogP contribution is -1.96. The Balaban J connectivity index is 2.93. The topological polar surface area (TPSA) is 55.2 Å². The molecule has 11 heavy (non-hydrogen) atoms. The third-order valence-electron chi connectivity index (χ3n) is 1.25. The molecule has 1 heterocycles. The summed E-state index contributed by atoms with van der Waals surface area (Å²) >= 11 is 0. The zero-order chi connectivity index (χ0) is 8.27. The van der Waals surface area contributed by atoms with Gasteiger partial charge in [-0.15, -0.1) is 0 Å². The van der Waals surface area contributed by atoms with Gasteiger partial charge in [0.15, 0.2) is 5.75 Å². The van der Waals surface area contributed by atoms with Crippen LogP contribution in [0.1, 0.15) is 11.5 Å². The molecule has 0 aliphatic rings. The first-order valence-electron chi connectivity index (χ1n) is 3.24. The average molecular weight is 154 g/mol. The van der Waals surface area contributed by atoms with Gasteiger partial charge in [-0.05, 0) is 6.92 Å². The average Bonchev–Trinajstić information content (AvgIpc) is 1.98. The van der Waals surface area contributed by atoms with Crippen molar-refractivity contribution in [3.63, 3.8) is 0 Å². The molecule has 1 aromatic heterocycles. The number of rotatable bonds is 2. The summed E-state index contributed by atoms with van der Waals surface area (Å²) in [5.74, 6) is 0.715. The second kappa shape index (κ2) is 3.30. The summed E-state index contributed by atoms with van der Waals surface area (Å²) in [7, 11) is 1.55. The quantitative estimate of drug-likeness (QED) is 0.679. The second-order valence-electron chi connectivity index (χ2n) is 2.18. The molecule has 0 saturated carbocycles. The van der Waals surface area contributed by atoms with Crippen molar-refractivity contribution in [1.29, 1.82) is 0 Å². The number of hydrogen-bond donors (Lipinski definition) is 1. The van der Waals surface area contributed by atoms with E-state index < -0.39 is 0 Å². The lowest BCUT2D eigenvalue weighted by Gasteiger charge is -2.01. The number of ether oxygens (including phenoxy) is 1. The van der Waals surface area contributed by atoms with Crippen molar-refractivity contribution in [3.05, 3.63) is 17.7 Å². The highest BCUT2D eigenvalue weighted by Crippen LogP contribution is 2.12. The van der Waals surface area contributed by atoms with E-state index >= 15 is 0 Å². The molecular formula is C7H10N2O2. The predicted octanol–water partition coefficient (Wildman–Crippen LogP) is 0.637. The Hall–Kier alpha value is -1.16. The van der Waals surface area contributed by atoms with Gasteiger partial charge in [-0.2, -0.15) is 0 Å². The summed E-state index contributed by atoms with van der Waals surface area (Å²) in [6, 6.07) is 0. The van der Waals surface area contributed by atoms with E-state index in [4.69, 9.17) is 9.84 Å². The van der Waals surface area contributed by atoms with Gasteiger partial charge in [-0.1, -0.05) is 0 Å². The summed E-state index contributed by atoms with van der Waals surface area (Å²) < 4.78 is 4.81. The van der Waals surface area contributed by atoms with Crippen LogP contribution < -0.4 is 0 Å². The minimum atomic E-state index is 0.0810. The van der Waals surface area contributed by atoms with Crippen LogP contribution in [0.25, 0.3) is 0 Å². The van der Waals surface area contributed by atoms with E-state index in [1.807, 2.05) is 0 Å². The monoisotopic (exact) mass is 154 g/mol. The number of aryl methyl sites for hydroxylation is 1. The Morgan fingerprint density at radius 1 is 1.64 bits per heavy atom. The summed E-state index contributed by atoms with van der Waals surface area (Å²) in [6.07, 6.45) is 1.37. The van der Waals surface area contributed by atoms with Gasteiger partial charge >= 0.3 is 0 Å². The van der Waals surface area contributed by atoms with Gasteiger partial charge in [0.25, 0.3) is 0 Å². The molecule has 1 rings (SSSR count). The zero-order valence-electron chi connectivity index (χ0n) is 6.53. The van der Waals surface area contributed by atoms with Crippen LogP contribution in [0.2, 0.25) is 0 Å². The lowest BCUT2D eigenvalue weighted by molar-refractivity contribution is 0.178. The van der Waals surface area contributed by atoms with E-state index in [-0.39, 0.29) is 5.75 Å². The number of nitrogens with zero attached hydrogens (tertiary/aromatic N) is 2. The van der Waals surface area contributed by atoms with Gasteiger partial charge in [0.05, 0.1) is 12.8 Å². The maximum atomic E-state index is 9.16. The molecule has 0 unspecified atom stereocenters. The third-order valence-corrected chi connectivity index (χ3v) is 1.25. The van der Waals surface area contributed by atoms with E-state index in [2.05, 4.69) is 9.97 Å². The summed E-state index contributed by atoms with van der Waals surface area (Å²) in [4.78, 5) is 7.78. The summed E-state index contributed by atoms with van der Waals surface area (Å²) in [6.45, 7) is 2.08. The van der Waals surface area contributed by atoms with Crippen molar-refractivity contribution in [2.75, 3.05) is 7.11 Å². The first-order chi connectivity index (χ1) is 5.24. The molecule has 0 bridgehead atoms. The number of methoxy groups -OCH3 is 1. The third kappa shape index (κ3) is 1.88. The Labute approximate surface area is 64.9 Å². The van der Waals surface area contributed by atoms with Crippen molar-refractivity contribution in [2.45, 2.75) is 13.5 Å². The Bertz CT molecular complexity index is 250. The molecule has 0 aliphatic heterocycles. The molecule has 1 aromatic rings. The van der Waals surface area contributed by atoms with Crippen LogP contribution >= 0.6 is 0 Å². The van der Waals surface area contributed by atoms with Gasteiger partial charge in [-0.25, -0.2) is 9.97 Å². The fourth-order valence-corrected chi connectivity index (χ4v) is 0.753. The molecule has 0 amide bonds. The molecular weight excluding hydrogens is 144 g/mol. The van der Waals surface area contributed by atoms with Crippen LogP contribution in [0.15, 0.2) is 6.20 Å². The van der Waals surface area contributed by atoms with Gasteiger partial charge in [0, 0.05) is 7.11 Å². The minimum absolute atomic E-state index is 0.0810. The maximum Gasteiger partial charge on any atom is 0.157 e. The highest BCUT2D eigenvalue weighted by Gasteiger charge is 2.01. The van der Waals surface area contributed by atoms with Crippen molar-refractivity contribution >= 4 is 0 Å². The fraction of sp³-hybridized carbons (Fsp3) is 0.429. The molecule has 1 N–H and O–H groups in total. The first kappa shape index (κ1) is 7.94. The van der Waals surface area contributed by atoms with Crippen molar-refractivity contribution in [1.82, 2.24) is 9.97 Å². The molecule has 0 aromatic carbocycles. The molecule has 4 nitrogen and oxygen atoms in total. The molecule has 4 heteroatoms. The maximum absolute atomic E-state index is 9.16. The molecule has 0 spiro atoms. The minimum Gasteiger partial charge on any atom is -0.504 e. The smallest absolute Gasteiger partial charge is 0.157 e. The Morgan fingerprint density at radius 3 is 3.00 bits per heavy atom. The predicted molar refractivity (Wildman–Crippen MR) is 39.1 cm³/mol. The SMILES string of the molecule is COCc1nc(C)ncc1O. The van der Waals surface area contributed by atoms with Gasteiger partial charge in [0.2, 0.25) is 0 Å². The fourth-order valence-electron chi connectivity index (χ4n) is 0.753. The van der Waals surface area contributed by atoms with Crippen LogP contribution in [-0.4, -0.2) is 22.2 Å². The zero-order valence-corrected chi connectivity index (χ0v) is 6.53. The first-order valence-corrected chi connectivity index (χ1v) is 3.24. The molecule has 0 fully saturated rings. The molecule has 0 atom stereocenters. The Kier molecular flexibility index (Phi) is 2.38. The summed E-state index contributed by atoms with van der Waals surface area (Å²) in [5, 5.41) is 9.16. The van der Waals surface area contributed by atoms with Crippen LogP contribution in [0.5, 0.6) is 5.75 Å². The second-order valence-corrected chi connectivity index (χ2v) is 2.18. The standard InChI is InChI=1S/C7H10N2O2/c1-5-8-3-7(10)6(9-5)4-11-2/h3,10H,4H2,1-2H3. The molecule has 0 radical (unpaired) electrons. The highest BCUT2D eigenvalue weighted by molar-refractivity contribution is 5.21. The van der Waals surface area contributed by atoms with Crippen molar-refractivity contribution in [3.8, 4) is 5.75 Å². The Morgan fingerprint density at radius 2 is 2.36 bits per heavy atom. The van der Waals surface area contributed by atoms with E-state index in [1.54, 1.807) is 14.0 Å². The van der Waals surface area contributed by atoms with E-state index in [0.717, 1.165) is 0 Å². The van der Waals surface area contributed by atoms with Crippen LogP contribution in [0.4, 0.5) is 0 Å². The van der Waals surface area contributed by atoms with Crippen molar-refractivity contribution < 1.29 is 9.84 Å². The lowest BCUT2D eigenvalue weighted by atomic mass is 10.4. The molecule has 0 saturated heterocycles. The molecule has 60 valence electrons. The summed E-state index contributed by atoms with van der Waals surface area (Å²) in [5.41, 5.74) is 0.528. The number of aromatic nitrogens is 2. The van der Waals surface area contributed by atoms with Gasteiger partial charge in [0.1, 0.15) is 11.5 Å². The van der Waals surface area contributed by atoms with E-state index in [1.165, 1.54) is 6.20 Å². The number of aromatic hydroxyl groups is 1. The highest BCUT2D eigenvalue weighted by atomic mass is 16.5. The van der Waals surface area contributed by atoms with Gasteiger partial charge < -0.3 is 9.84 Å². The van der Waals surface area contributed by atoms with E-state index in [0.29, 0.717) is 18.1 Å². The van der Waals surface area contributed by atoms with Gasteiger partial charge in [-0.3, -0.25) is 0 Å². The van der Waals surface area contributed by atoms with E-state index in [9.17, 15) is 0 Å².